The van der Waals surface area contributed by atoms with Crippen molar-refractivity contribution in [3.63, 3.8) is 0 Å². The molecule has 5 heteroatoms. The number of hydrogen-bond donors (Lipinski definition) is 2. The molecule has 0 atom stereocenters. The lowest BCUT2D eigenvalue weighted by molar-refractivity contribution is -0.121. The fourth-order valence-corrected chi connectivity index (χ4v) is 1.40. The lowest BCUT2D eigenvalue weighted by atomic mass is 10.2. The highest BCUT2D eigenvalue weighted by atomic mass is 16.1. The van der Waals surface area contributed by atoms with E-state index in [4.69, 9.17) is 0 Å². The Balaban J connectivity index is 2.55. The molecule has 0 fully saturated rings. The molecule has 0 radical (unpaired) electrons. The van der Waals surface area contributed by atoms with Gasteiger partial charge in [0.25, 0.3) is 0 Å². The number of amides is 1. The molecule has 0 saturated carbocycles. The molecule has 0 bridgehead atoms. The summed E-state index contributed by atoms with van der Waals surface area (Å²) < 4.78 is 0. The Kier molecular flexibility index (Phi) is 4.72. The van der Waals surface area contributed by atoms with Crippen molar-refractivity contribution in [2.75, 3.05) is 33.0 Å². The maximum Gasteiger partial charge on any atom is 0.233 e. The van der Waals surface area contributed by atoms with Crippen LogP contribution < -0.4 is 10.6 Å². The summed E-state index contributed by atoms with van der Waals surface area (Å²) in [6.07, 6.45) is 1.76. The van der Waals surface area contributed by atoms with Crippen LogP contribution in [-0.2, 0) is 11.3 Å². The molecule has 0 aliphatic heterocycles. The predicted octanol–water partition coefficient (Wildman–Crippen LogP) is 0.301. The lowest BCUT2D eigenvalue weighted by Crippen LogP contribution is -2.32. The molecule has 2 N–H and O–H groups in total. The first kappa shape index (κ1) is 12.4. The van der Waals surface area contributed by atoms with Crippen molar-refractivity contribution in [2.45, 2.75) is 6.54 Å². The van der Waals surface area contributed by atoms with E-state index in [1.165, 1.54) is 0 Å². The Morgan fingerprint density at radius 1 is 1.50 bits per heavy atom. The molecule has 1 aromatic rings. The molecule has 88 valence electrons. The average molecular weight is 222 g/mol. The van der Waals surface area contributed by atoms with Crippen LogP contribution in [0, 0.1) is 0 Å². The zero-order chi connectivity index (χ0) is 12.0. The Labute approximate surface area is 95.9 Å². The van der Waals surface area contributed by atoms with Gasteiger partial charge in [0.2, 0.25) is 5.91 Å². The van der Waals surface area contributed by atoms with Gasteiger partial charge in [0, 0.05) is 26.8 Å². The summed E-state index contributed by atoms with van der Waals surface area (Å²) in [4.78, 5) is 17.2. The summed E-state index contributed by atoms with van der Waals surface area (Å²) in [6, 6.07) is 3.92. The molecule has 0 aliphatic carbocycles. The van der Waals surface area contributed by atoms with Gasteiger partial charge >= 0.3 is 0 Å². The van der Waals surface area contributed by atoms with Crippen LogP contribution >= 0.6 is 0 Å². The highest BCUT2D eigenvalue weighted by molar-refractivity contribution is 5.77. The number of carbonyl (C=O) groups excluding carboxylic acids is 1. The zero-order valence-corrected chi connectivity index (χ0v) is 9.95. The molecule has 1 heterocycles. The molecule has 1 rings (SSSR count). The van der Waals surface area contributed by atoms with E-state index in [2.05, 4.69) is 15.6 Å². The second-order valence-corrected chi connectivity index (χ2v) is 3.64. The molecule has 0 spiro atoms. The van der Waals surface area contributed by atoms with Gasteiger partial charge in [0.1, 0.15) is 5.82 Å². The van der Waals surface area contributed by atoms with E-state index in [0.29, 0.717) is 6.54 Å². The number of nitrogens with one attached hydrogen (secondary N) is 2. The summed E-state index contributed by atoms with van der Waals surface area (Å²) >= 11 is 0. The van der Waals surface area contributed by atoms with Crippen LogP contribution in [0.4, 0.5) is 5.82 Å². The summed E-state index contributed by atoms with van der Waals surface area (Å²) in [6.45, 7) is 1.12. The number of nitrogens with zero attached hydrogens (tertiary/aromatic N) is 2. The van der Waals surface area contributed by atoms with E-state index < -0.39 is 0 Å². The van der Waals surface area contributed by atoms with Gasteiger partial charge in [-0.25, -0.2) is 4.98 Å². The third-order valence-electron chi connectivity index (χ3n) is 2.23. The standard InChI is InChI=1S/C11H18N4O/c1-12-10-6-9(4-5-14-10)7-15(3)8-11(16)13-2/h4-6H,7-8H2,1-3H3,(H,12,14)(H,13,16). The molecular weight excluding hydrogens is 204 g/mol. The number of pyridine rings is 1. The first-order valence-corrected chi connectivity index (χ1v) is 5.17. The van der Waals surface area contributed by atoms with Crippen LogP contribution in [0.3, 0.4) is 0 Å². The zero-order valence-electron chi connectivity index (χ0n) is 9.95. The maximum absolute atomic E-state index is 11.2. The summed E-state index contributed by atoms with van der Waals surface area (Å²) in [5.74, 6) is 0.858. The third-order valence-corrected chi connectivity index (χ3v) is 2.23. The van der Waals surface area contributed by atoms with Crippen molar-refractivity contribution in [1.29, 1.82) is 0 Å². The van der Waals surface area contributed by atoms with Crippen LogP contribution in [0.25, 0.3) is 0 Å². The number of hydrogen-bond acceptors (Lipinski definition) is 4. The first-order chi connectivity index (χ1) is 7.65. The van der Waals surface area contributed by atoms with Crippen LogP contribution in [0.15, 0.2) is 18.3 Å². The van der Waals surface area contributed by atoms with E-state index in [1.807, 2.05) is 31.1 Å². The van der Waals surface area contributed by atoms with Gasteiger partial charge in [0.15, 0.2) is 0 Å². The SMILES string of the molecule is CNC(=O)CN(C)Cc1ccnc(NC)c1. The lowest BCUT2D eigenvalue weighted by Gasteiger charge is -2.15. The minimum atomic E-state index is 0.0189. The van der Waals surface area contributed by atoms with Crippen LogP contribution in [0.5, 0.6) is 0 Å². The van der Waals surface area contributed by atoms with Gasteiger partial charge in [-0.3, -0.25) is 9.69 Å². The second-order valence-electron chi connectivity index (χ2n) is 3.64. The molecule has 0 saturated heterocycles. The fraction of sp³-hybridized carbons (Fsp3) is 0.455. The van der Waals surface area contributed by atoms with Gasteiger partial charge in [-0.05, 0) is 24.7 Å². The molecule has 5 nitrogen and oxygen atoms in total. The van der Waals surface area contributed by atoms with Crippen LogP contribution in [0.2, 0.25) is 0 Å². The second kappa shape index (κ2) is 6.07. The Bertz CT molecular complexity index is 354. The Morgan fingerprint density at radius 3 is 2.88 bits per heavy atom. The third kappa shape index (κ3) is 3.86. The van der Waals surface area contributed by atoms with Crippen LogP contribution in [-0.4, -0.2) is 43.5 Å². The van der Waals surface area contributed by atoms with E-state index in [1.54, 1.807) is 13.2 Å². The van der Waals surface area contributed by atoms with Gasteiger partial charge in [-0.15, -0.1) is 0 Å². The number of carbonyl (C=O) groups is 1. The van der Waals surface area contributed by atoms with E-state index in [-0.39, 0.29) is 5.91 Å². The minimum absolute atomic E-state index is 0.0189. The Morgan fingerprint density at radius 2 is 2.25 bits per heavy atom. The molecule has 16 heavy (non-hydrogen) atoms. The van der Waals surface area contributed by atoms with Crippen molar-refractivity contribution < 1.29 is 4.79 Å². The highest BCUT2D eigenvalue weighted by Gasteiger charge is 2.05. The topological polar surface area (TPSA) is 57.3 Å². The summed E-state index contributed by atoms with van der Waals surface area (Å²) in [7, 11) is 5.39. The maximum atomic E-state index is 11.2. The molecule has 0 aliphatic rings. The van der Waals surface area contributed by atoms with E-state index >= 15 is 0 Å². The predicted molar refractivity (Wildman–Crippen MR) is 64.2 cm³/mol. The van der Waals surface area contributed by atoms with Crippen molar-refractivity contribution >= 4 is 11.7 Å². The monoisotopic (exact) mass is 222 g/mol. The van der Waals surface area contributed by atoms with Crippen LogP contribution in [0.1, 0.15) is 5.56 Å². The number of anilines is 1. The normalized spacial score (nSPS) is 10.2. The summed E-state index contributed by atoms with van der Waals surface area (Å²) in [5.41, 5.74) is 1.13. The largest absolute Gasteiger partial charge is 0.373 e. The quantitative estimate of drug-likeness (QED) is 0.752. The summed E-state index contributed by atoms with van der Waals surface area (Å²) in [5, 5.41) is 5.58. The molecule has 1 amide bonds. The fourth-order valence-electron chi connectivity index (χ4n) is 1.40. The Hall–Kier alpha value is -1.62. The van der Waals surface area contributed by atoms with Crippen molar-refractivity contribution in [3.05, 3.63) is 23.9 Å². The number of likely N-dealkylation sites (N-methyl/N-ethyl adjacent to an activating group) is 2. The van der Waals surface area contributed by atoms with Crippen molar-refractivity contribution in [2.24, 2.45) is 0 Å². The molecular formula is C11H18N4O. The first-order valence-electron chi connectivity index (χ1n) is 5.17. The van der Waals surface area contributed by atoms with E-state index in [9.17, 15) is 4.79 Å². The smallest absolute Gasteiger partial charge is 0.233 e. The van der Waals surface area contributed by atoms with E-state index in [0.717, 1.165) is 17.9 Å². The minimum Gasteiger partial charge on any atom is -0.373 e. The van der Waals surface area contributed by atoms with Crippen molar-refractivity contribution in [1.82, 2.24) is 15.2 Å². The van der Waals surface area contributed by atoms with Gasteiger partial charge in [-0.2, -0.15) is 0 Å². The average Bonchev–Trinajstić information content (AvgIpc) is 2.28. The van der Waals surface area contributed by atoms with Crippen molar-refractivity contribution in [3.8, 4) is 0 Å². The highest BCUT2D eigenvalue weighted by Crippen LogP contribution is 2.07. The molecule has 0 aromatic carbocycles. The van der Waals surface area contributed by atoms with Gasteiger partial charge in [-0.1, -0.05) is 0 Å². The molecule has 1 aromatic heterocycles. The number of aromatic nitrogens is 1. The van der Waals surface area contributed by atoms with Gasteiger partial charge < -0.3 is 10.6 Å². The molecule has 0 unspecified atom stereocenters. The van der Waals surface area contributed by atoms with Gasteiger partial charge in [0.05, 0.1) is 6.54 Å². The number of rotatable bonds is 5.